The topological polar surface area (TPSA) is 87.6 Å². The molecular formula is C13H14N2O5. The lowest BCUT2D eigenvalue weighted by atomic mass is 10.3. The summed E-state index contributed by atoms with van der Waals surface area (Å²) in [5.74, 6) is 1.77. The Labute approximate surface area is 115 Å². The molecule has 0 radical (unpaired) electrons. The molecule has 0 amide bonds. The Hall–Kier alpha value is -2.57. The zero-order valence-corrected chi connectivity index (χ0v) is 11.2. The zero-order chi connectivity index (χ0) is 14.5. The first kappa shape index (κ1) is 13.9. The van der Waals surface area contributed by atoms with E-state index in [2.05, 4.69) is 4.98 Å². The first-order valence-corrected chi connectivity index (χ1v) is 6.05. The average molecular weight is 278 g/mol. The molecule has 20 heavy (non-hydrogen) atoms. The summed E-state index contributed by atoms with van der Waals surface area (Å²) in [5, 5.41) is 10.8. The lowest BCUT2D eigenvalue weighted by Crippen LogP contribution is -2.00. The van der Waals surface area contributed by atoms with Gasteiger partial charge in [0.2, 0.25) is 11.6 Å². The number of nitro benzene ring substituents is 1. The van der Waals surface area contributed by atoms with E-state index in [0.717, 1.165) is 0 Å². The van der Waals surface area contributed by atoms with Gasteiger partial charge in [0.1, 0.15) is 11.5 Å². The molecule has 106 valence electrons. The molecule has 0 saturated heterocycles. The standard InChI is InChI=1S/C13H14N2O5/c1-3-18-12-6-10(4-5-11(12)15(16)17)19-8-13-14-7-9(2)20-13/h4-7H,3,8H2,1-2H3. The molecule has 2 rings (SSSR count). The number of ether oxygens (including phenoxy) is 2. The highest BCUT2D eigenvalue weighted by molar-refractivity contribution is 5.50. The van der Waals surface area contributed by atoms with E-state index in [1.54, 1.807) is 20.0 Å². The Morgan fingerprint density at radius 3 is 2.80 bits per heavy atom. The monoisotopic (exact) mass is 278 g/mol. The SMILES string of the molecule is CCOc1cc(OCc2ncc(C)o2)ccc1[N+](=O)[O-]. The van der Waals surface area contributed by atoms with Gasteiger partial charge < -0.3 is 13.9 Å². The van der Waals surface area contributed by atoms with Crippen molar-refractivity contribution < 1.29 is 18.8 Å². The van der Waals surface area contributed by atoms with Crippen molar-refractivity contribution in [3.8, 4) is 11.5 Å². The summed E-state index contributed by atoms with van der Waals surface area (Å²) < 4.78 is 16.0. The highest BCUT2D eigenvalue weighted by Crippen LogP contribution is 2.31. The Bertz CT molecular complexity index is 609. The molecule has 0 unspecified atom stereocenters. The Morgan fingerprint density at radius 2 is 2.20 bits per heavy atom. The highest BCUT2D eigenvalue weighted by atomic mass is 16.6. The minimum Gasteiger partial charge on any atom is -0.487 e. The number of nitro groups is 1. The smallest absolute Gasteiger partial charge is 0.311 e. The predicted molar refractivity (Wildman–Crippen MR) is 69.8 cm³/mol. The van der Waals surface area contributed by atoms with Crippen LogP contribution < -0.4 is 9.47 Å². The summed E-state index contributed by atoms with van der Waals surface area (Å²) in [6.07, 6.45) is 1.60. The van der Waals surface area contributed by atoms with Crippen LogP contribution in [0.15, 0.2) is 28.8 Å². The highest BCUT2D eigenvalue weighted by Gasteiger charge is 2.16. The largest absolute Gasteiger partial charge is 0.487 e. The average Bonchev–Trinajstić information content (AvgIpc) is 2.82. The van der Waals surface area contributed by atoms with Gasteiger partial charge in [-0.2, -0.15) is 0 Å². The molecule has 0 fully saturated rings. The molecule has 0 atom stereocenters. The fourth-order valence-electron chi connectivity index (χ4n) is 1.62. The molecule has 0 N–H and O–H groups in total. The number of aromatic nitrogens is 1. The maximum atomic E-state index is 10.8. The van der Waals surface area contributed by atoms with Crippen LogP contribution in [0.1, 0.15) is 18.6 Å². The van der Waals surface area contributed by atoms with Gasteiger partial charge in [0.15, 0.2) is 6.61 Å². The van der Waals surface area contributed by atoms with Crippen molar-refractivity contribution in [1.82, 2.24) is 4.98 Å². The lowest BCUT2D eigenvalue weighted by molar-refractivity contribution is -0.385. The molecule has 1 aromatic carbocycles. The summed E-state index contributed by atoms with van der Waals surface area (Å²) in [6, 6.07) is 4.34. The fourth-order valence-corrected chi connectivity index (χ4v) is 1.62. The number of aryl methyl sites for hydroxylation is 1. The molecule has 1 heterocycles. The van der Waals surface area contributed by atoms with Crippen molar-refractivity contribution in [2.75, 3.05) is 6.61 Å². The zero-order valence-electron chi connectivity index (χ0n) is 11.2. The van der Waals surface area contributed by atoms with Crippen LogP contribution in [0.5, 0.6) is 11.5 Å². The molecule has 0 saturated carbocycles. The van der Waals surface area contributed by atoms with Crippen molar-refractivity contribution in [2.45, 2.75) is 20.5 Å². The molecule has 7 heteroatoms. The van der Waals surface area contributed by atoms with E-state index >= 15 is 0 Å². The van der Waals surface area contributed by atoms with Crippen molar-refractivity contribution in [2.24, 2.45) is 0 Å². The maximum absolute atomic E-state index is 10.8. The Morgan fingerprint density at radius 1 is 1.40 bits per heavy atom. The lowest BCUT2D eigenvalue weighted by Gasteiger charge is -2.07. The summed E-state index contributed by atoms with van der Waals surface area (Å²) in [6.45, 7) is 4.03. The molecule has 0 aliphatic heterocycles. The van der Waals surface area contributed by atoms with Crippen LogP contribution >= 0.6 is 0 Å². The first-order valence-electron chi connectivity index (χ1n) is 6.05. The molecule has 0 aliphatic carbocycles. The van der Waals surface area contributed by atoms with Crippen molar-refractivity contribution in [1.29, 1.82) is 0 Å². The third kappa shape index (κ3) is 3.25. The van der Waals surface area contributed by atoms with E-state index in [0.29, 0.717) is 24.0 Å². The fraction of sp³-hybridized carbons (Fsp3) is 0.308. The van der Waals surface area contributed by atoms with Crippen molar-refractivity contribution in [3.05, 3.63) is 46.2 Å². The molecule has 0 aliphatic rings. The van der Waals surface area contributed by atoms with Gasteiger partial charge in [-0.25, -0.2) is 4.98 Å². The number of nitrogens with zero attached hydrogens (tertiary/aromatic N) is 2. The van der Waals surface area contributed by atoms with Gasteiger partial charge in [-0.3, -0.25) is 10.1 Å². The van der Waals surface area contributed by atoms with E-state index in [1.165, 1.54) is 18.2 Å². The molecular weight excluding hydrogens is 264 g/mol. The minimum absolute atomic E-state index is 0.0915. The van der Waals surface area contributed by atoms with E-state index in [1.807, 2.05) is 0 Å². The van der Waals surface area contributed by atoms with Crippen LogP contribution in [0.3, 0.4) is 0 Å². The second-order valence-corrected chi connectivity index (χ2v) is 3.97. The Kier molecular flexibility index (Phi) is 4.19. The first-order chi connectivity index (χ1) is 9.60. The third-order valence-corrected chi connectivity index (χ3v) is 2.46. The number of hydrogen-bond acceptors (Lipinski definition) is 6. The van der Waals surface area contributed by atoms with Gasteiger partial charge in [0, 0.05) is 12.1 Å². The second kappa shape index (κ2) is 6.05. The molecule has 0 bridgehead atoms. The van der Waals surface area contributed by atoms with Crippen molar-refractivity contribution >= 4 is 5.69 Å². The molecule has 1 aromatic heterocycles. The van der Waals surface area contributed by atoms with Crippen LogP contribution in [0, 0.1) is 17.0 Å². The van der Waals surface area contributed by atoms with Gasteiger partial charge in [-0.05, 0) is 19.9 Å². The van der Waals surface area contributed by atoms with E-state index in [9.17, 15) is 10.1 Å². The molecule has 7 nitrogen and oxygen atoms in total. The summed E-state index contributed by atoms with van der Waals surface area (Å²) >= 11 is 0. The summed E-state index contributed by atoms with van der Waals surface area (Å²) in [4.78, 5) is 14.4. The minimum atomic E-state index is -0.494. The van der Waals surface area contributed by atoms with Gasteiger partial charge in [0.25, 0.3) is 0 Å². The van der Waals surface area contributed by atoms with Gasteiger partial charge in [0.05, 0.1) is 17.7 Å². The normalized spacial score (nSPS) is 10.3. The number of hydrogen-bond donors (Lipinski definition) is 0. The predicted octanol–water partition coefficient (Wildman–Crippen LogP) is 2.87. The van der Waals surface area contributed by atoms with E-state index in [-0.39, 0.29) is 18.0 Å². The van der Waals surface area contributed by atoms with Gasteiger partial charge in [-0.1, -0.05) is 0 Å². The van der Waals surface area contributed by atoms with Crippen molar-refractivity contribution in [3.63, 3.8) is 0 Å². The summed E-state index contributed by atoms with van der Waals surface area (Å²) in [7, 11) is 0. The number of rotatable bonds is 6. The number of oxazole rings is 1. The van der Waals surface area contributed by atoms with Crippen LogP contribution in [0.4, 0.5) is 5.69 Å². The second-order valence-electron chi connectivity index (χ2n) is 3.97. The number of benzene rings is 1. The van der Waals surface area contributed by atoms with E-state index < -0.39 is 4.92 Å². The van der Waals surface area contributed by atoms with Crippen LogP contribution in [-0.4, -0.2) is 16.5 Å². The molecule has 0 spiro atoms. The molecule has 2 aromatic rings. The summed E-state index contributed by atoms with van der Waals surface area (Å²) in [5.41, 5.74) is -0.0915. The van der Waals surface area contributed by atoms with Crippen LogP contribution in [0.25, 0.3) is 0 Å². The van der Waals surface area contributed by atoms with E-state index in [4.69, 9.17) is 13.9 Å². The van der Waals surface area contributed by atoms with Crippen LogP contribution in [-0.2, 0) is 6.61 Å². The van der Waals surface area contributed by atoms with Crippen LogP contribution in [0.2, 0.25) is 0 Å². The Balaban J connectivity index is 2.12. The van der Waals surface area contributed by atoms with Gasteiger partial charge in [-0.15, -0.1) is 0 Å². The maximum Gasteiger partial charge on any atom is 0.311 e. The van der Waals surface area contributed by atoms with Gasteiger partial charge >= 0.3 is 5.69 Å². The third-order valence-electron chi connectivity index (χ3n) is 2.46. The quantitative estimate of drug-likeness (QED) is 0.596.